The van der Waals surface area contributed by atoms with E-state index in [-0.39, 0.29) is 0 Å². The molecule has 0 saturated carbocycles. The minimum atomic E-state index is 0.463. The molecule has 0 aromatic heterocycles. The van der Waals surface area contributed by atoms with Gasteiger partial charge in [-0.25, -0.2) is 0 Å². The lowest BCUT2D eigenvalue weighted by molar-refractivity contribution is 0.0128. The Morgan fingerprint density at radius 1 is 1.33 bits per heavy atom. The Kier molecular flexibility index (Phi) is 3.46. The van der Waals surface area contributed by atoms with Crippen molar-refractivity contribution in [3.8, 4) is 0 Å². The van der Waals surface area contributed by atoms with Gasteiger partial charge in [-0.1, -0.05) is 23.7 Å². The van der Waals surface area contributed by atoms with Gasteiger partial charge in [-0.05, 0) is 25.0 Å². The fraction of sp³-hybridized carbons (Fsp3) is 0.571. The molecule has 2 aliphatic heterocycles. The molecule has 1 aromatic rings. The summed E-state index contributed by atoms with van der Waals surface area (Å²) in [5.41, 5.74) is 2.46. The normalized spacial score (nSPS) is 28.6. The summed E-state index contributed by atoms with van der Waals surface area (Å²) in [5.74, 6) is 0. The lowest BCUT2D eigenvalue weighted by atomic mass is 9.92. The van der Waals surface area contributed by atoms with Gasteiger partial charge in [-0.3, -0.25) is 4.90 Å². The summed E-state index contributed by atoms with van der Waals surface area (Å²) < 4.78 is 5.45. The van der Waals surface area contributed by atoms with Crippen LogP contribution in [0.3, 0.4) is 0 Å². The number of anilines is 1. The van der Waals surface area contributed by atoms with Gasteiger partial charge >= 0.3 is 0 Å². The number of fused-ring (bicyclic) bond motifs is 1. The monoisotopic (exact) mass is 266 g/mol. The molecule has 98 valence electrons. The second-order valence-corrected chi connectivity index (χ2v) is 5.56. The van der Waals surface area contributed by atoms with E-state index in [1.165, 1.54) is 5.56 Å². The summed E-state index contributed by atoms with van der Waals surface area (Å²) >= 11 is 6.31. The van der Waals surface area contributed by atoms with Crippen molar-refractivity contribution in [3.63, 3.8) is 0 Å². The maximum Gasteiger partial charge on any atom is 0.0641 e. The molecular formula is C14H19ClN2O. The maximum absolute atomic E-state index is 6.31. The second kappa shape index (κ2) is 5.08. The average molecular weight is 267 g/mol. The summed E-state index contributed by atoms with van der Waals surface area (Å²) in [5, 5.41) is 4.34. The van der Waals surface area contributed by atoms with Crippen LogP contribution in [-0.2, 0) is 4.74 Å². The molecule has 1 saturated heterocycles. The maximum atomic E-state index is 6.31. The Morgan fingerprint density at radius 2 is 2.11 bits per heavy atom. The van der Waals surface area contributed by atoms with Gasteiger partial charge in [0, 0.05) is 25.2 Å². The molecule has 3 nitrogen and oxygen atoms in total. The van der Waals surface area contributed by atoms with E-state index in [0.717, 1.165) is 43.4 Å². The van der Waals surface area contributed by atoms with E-state index in [0.29, 0.717) is 12.1 Å². The zero-order valence-corrected chi connectivity index (χ0v) is 11.4. The van der Waals surface area contributed by atoms with Crippen molar-refractivity contribution in [2.24, 2.45) is 0 Å². The predicted molar refractivity (Wildman–Crippen MR) is 74.3 cm³/mol. The molecule has 0 amide bonds. The number of morpholine rings is 1. The molecule has 2 atom stereocenters. The molecule has 0 aliphatic carbocycles. The molecule has 3 rings (SSSR count). The van der Waals surface area contributed by atoms with E-state index in [9.17, 15) is 0 Å². The number of ether oxygens (including phenoxy) is 1. The SMILES string of the molecule is CC1CC(N2CCOCC2)c2cccc(Cl)c2N1. The summed E-state index contributed by atoms with van der Waals surface area (Å²) in [6.45, 7) is 5.94. The van der Waals surface area contributed by atoms with Crippen molar-refractivity contribution in [3.05, 3.63) is 28.8 Å². The van der Waals surface area contributed by atoms with Crippen LogP contribution in [-0.4, -0.2) is 37.2 Å². The Balaban J connectivity index is 1.94. The van der Waals surface area contributed by atoms with Crippen LogP contribution in [0.2, 0.25) is 5.02 Å². The lowest BCUT2D eigenvalue weighted by Crippen LogP contribution is -2.42. The summed E-state index contributed by atoms with van der Waals surface area (Å²) in [4.78, 5) is 2.52. The number of halogens is 1. The number of benzene rings is 1. The first-order valence-electron chi connectivity index (χ1n) is 6.62. The number of rotatable bonds is 1. The van der Waals surface area contributed by atoms with E-state index in [4.69, 9.17) is 16.3 Å². The smallest absolute Gasteiger partial charge is 0.0641 e. The zero-order chi connectivity index (χ0) is 12.5. The first-order chi connectivity index (χ1) is 8.75. The molecule has 4 heteroatoms. The van der Waals surface area contributed by atoms with Crippen LogP contribution in [0.25, 0.3) is 0 Å². The van der Waals surface area contributed by atoms with E-state index >= 15 is 0 Å². The van der Waals surface area contributed by atoms with Gasteiger partial charge in [0.15, 0.2) is 0 Å². The Bertz CT molecular complexity index is 432. The number of nitrogens with one attached hydrogen (secondary N) is 1. The molecule has 2 heterocycles. The number of hydrogen-bond acceptors (Lipinski definition) is 3. The lowest BCUT2D eigenvalue weighted by Gasteiger charge is -2.40. The van der Waals surface area contributed by atoms with Gasteiger partial charge in [0.1, 0.15) is 0 Å². The van der Waals surface area contributed by atoms with Crippen LogP contribution in [0.1, 0.15) is 24.9 Å². The minimum absolute atomic E-state index is 0.463. The third kappa shape index (κ3) is 2.22. The topological polar surface area (TPSA) is 24.5 Å². The highest BCUT2D eigenvalue weighted by molar-refractivity contribution is 6.33. The van der Waals surface area contributed by atoms with Crippen LogP contribution in [0.4, 0.5) is 5.69 Å². The standard InChI is InChI=1S/C14H19ClN2O/c1-10-9-13(17-5-7-18-8-6-17)11-3-2-4-12(15)14(11)16-10/h2-4,10,13,16H,5-9H2,1H3. The van der Waals surface area contributed by atoms with Crippen LogP contribution in [0.5, 0.6) is 0 Å². The molecule has 2 aliphatic rings. The quantitative estimate of drug-likeness (QED) is 0.846. The van der Waals surface area contributed by atoms with E-state index in [1.54, 1.807) is 0 Å². The molecule has 1 N–H and O–H groups in total. The third-order valence-electron chi connectivity index (χ3n) is 3.86. The van der Waals surface area contributed by atoms with E-state index in [2.05, 4.69) is 23.2 Å². The fourth-order valence-electron chi connectivity index (χ4n) is 2.97. The summed E-state index contributed by atoms with van der Waals surface area (Å²) in [6, 6.07) is 7.14. The van der Waals surface area contributed by atoms with E-state index < -0.39 is 0 Å². The molecule has 2 unspecified atom stereocenters. The molecule has 1 fully saturated rings. The predicted octanol–water partition coefficient (Wildman–Crippen LogP) is 2.92. The second-order valence-electron chi connectivity index (χ2n) is 5.15. The number of para-hydroxylation sites is 1. The number of hydrogen-bond donors (Lipinski definition) is 1. The van der Waals surface area contributed by atoms with Gasteiger partial charge in [-0.2, -0.15) is 0 Å². The average Bonchev–Trinajstić information content (AvgIpc) is 2.40. The van der Waals surface area contributed by atoms with Crippen molar-refractivity contribution in [1.82, 2.24) is 4.90 Å². The Morgan fingerprint density at radius 3 is 2.89 bits per heavy atom. The van der Waals surface area contributed by atoms with E-state index in [1.807, 2.05) is 12.1 Å². The molecule has 0 radical (unpaired) electrons. The first-order valence-corrected chi connectivity index (χ1v) is 7.00. The van der Waals surface area contributed by atoms with Crippen molar-refractivity contribution < 1.29 is 4.74 Å². The van der Waals surface area contributed by atoms with Crippen molar-refractivity contribution in [2.75, 3.05) is 31.6 Å². The van der Waals surface area contributed by atoms with Gasteiger partial charge in [0.2, 0.25) is 0 Å². The number of nitrogens with zero attached hydrogens (tertiary/aromatic N) is 1. The van der Waals surface area contributed by atoms with Gasteiger partial charge in [0.25, 0.3) is 0 Å². The van der Waals surface area contributed by atoms with Crippen molar-refractivity contribution >= 4 is 17.3 Å². The zero-order valence-electron chi connectivity index (χ0n) is 10.7. The first kappa shape index (κ1) is 12.3. The highest BCUT2D eigenvalue weighted by Gasteiger charge is 2.30. The molecular weight excluding hydrogens is 248 g/mol. The van der Waals surface area contributed by atoms with Gasteiger partial charge in [0.05, 0.1) is 23.9 Å². The van der Waals surface area contributed by atoms with Crippen LogP contribution in [0.15, 0.2) is 18.2 Å². The summed E-state index contributed by atoms with van der Waals surface area (Å²) in [7, 11) is 0. The third-order valence-corrected chi connectivity index (χ3v) is 4.17. The molecule has 18 heavy (non-hydrogen) atoms. The molecule has 0 spiro atoms. The Hall–Kier alpha value is -0.770. The molecule has 0 bridgehead atoms. The summed E-state index contributed by atoms with van der Waals surface area (Å²) in [6.07, 6.45) is 1.13. The van der Waals surface area contributed by atoms with Crippen LogP contribution >= 0.6 is 11.6 Å². The van der Waals surface area contributed by atoms with Gasteiger partial charge in [-0.15, -0.1) is 0 Å². The van der Waals surface area contributed by atoms with Gasteiger partial charge < -0.3 is 10.1 Å². The van der Waals surface area contributed by atoms with Crippen molar-refractivity contribution in [2.45, 2.75) is 25.4 Å². The molecule has 1 aromatic carbocycles. The van der Waals surface area contributed by atoms with Crippen LogP contribution < -0.4 is 5.32 Å². The highest BCUT2D eigenvalue weighted by Crippen LogP contribution is 2.40. The minimum Gasteiger partial charge on any atom is -0.381 e. The largest absolute Gasteiger partial charge is 0.381 e. The fourth-order valence-corrected chi connectivity index (χ4v) is 3.21. The Labute approximate surface area is 113 Å². The van der Waals surface area contributed by atoms with Crippen LogP contribution in [0, 0.1) is 0 Å². The highest BCUT2D eigenvalue weighted by atomic mass is 35.5. The van der Waals surface area contributed by atoms with Crippen molar-refractivity contribution in [1.29, 1.82) is 0 Å².